The SMILES string of the molecule is N#Cc1cccc(CNC2CCN(C3CC3)C2)c1F. The summed E-state index contributed by atoms with van der Waals surface area (Å²) in [7, 11) is 0. The van der Waals surface area contributed by atoms with E-state index in [2.05, 4.69) is 10.2 Å². The van der Waals surface area contributed by atoms with Gasteiger partial charge in [-0.15, -0.1) is 0 Å². The fourth-order valence-corrected chi connectivity index (χ4v) is 2.78. The van der Waals surface area contributed by atoms with E-state index >= 15 is 0 Å². The third kappa shape index (κ3) is 2.78. The Balaban J connectivity index is 1.56. The summed E-state index contributed by atoms with van der Waals surface area (Å²) < 4.78 is 13.9. The zero-order valence-corrected chi connectivity index (χ0v) is 10.9. The molecule has 3 rings (SSSR count). The van der Waals surface area contributed by atoms with Crippen molar-refractivity contribution in [3.05, 3.63) is 35.1 Å². The van der Waals surface area contributed by atoms with E-state index in [1.54, 1.807) is 12.1 Å². The summed E-state index contributed by atoms with van der Waals surface area (Å²) in [4.78, 5) is 2.53. The third-order valence-electron chi connectivity index (χ3n) is 4.06. The van der Waals surface area contributed by atoms with Gasteiger partial charge in [0, 0.05) is 37.3 Å². The second-order valence-electron chi connectivity index (χ2n) is 5.48. The molecule has 4 heteroatoms. The molecule has 0 bridgehead atoms. The molecule has 1 aromatic carbocycles. The molecule has 1 unspecified atom stereocenters. The molecular weight excluding hydrogens is 241 g/mol. The first-order valence-corrected chi connectivity index (χ1v) is 6.93. The highest BCUT2D eigenvalue weighted by molar-refractivity contribution is 5.34. The van der Waals surface area contributed by atoms with Crippen LogP contribution in [0, 0.1) is 17.1 Å². The number of hydrogen-bond acceptors (Lipinski definition) is 3. The Bertz CT molecular complexity index is 505. The summed E-state index contributed by atoms with van der Waals surface area (Å²) in [6, 6.07) is 8.15. The third-order valence-corrected chi connectivity index (χ3v) is 4.06. The number of nitrogens with one attached hydrogen (secondary N) is 1. The van der Waals surface area contributed by atoms with Gasteiger partial charge < -0.3 is 5.32 Å². The van der Waals surface area contributed by atoms with Crippen LogP contribution >= 0.6 is 0 Å². The van der Waals surface area contributed by atoms with Gasteiger partial charge in [-0.1, -0.05) is 12.1 Å². The van der Waals surface area contributed by atoms with Crippen molar-refractivity contribution in [1.29, 1.82) is 5.26 Å². The van der Waals surface area contributed by atoms with Crippen LogP contribution in [0.2, 0.25) is 0 Å². The van der Waals surface area contributed by atoms with Gasteiger partial charge in [0.05, 0.1) is 5.56 Å². The van der Waals surface area contributed by atoms with Crippen molar-refractivity contribution < 1.29 is 4.39 Å². The number of halogens is 1. The molecule has 0 amide bonds. The minimum Gasteiger partial charge on any atom is -0.308 e. The van der Waals surface area contributed by atoms with Crippen LogP contribution in [0.1, 0.15) is 30.4 Å². The lowest BCUT2D eigenvalue weighted by Gasteiger charge is -2.16. The van der Waals surface area contributed by atoms with E-state index in [4.69, 9.17) is 5.26 Å². The van der Waals surface area contributed by atoms with E-state index < -0.39 is 0 Å². The Labute approximate surface area is 113 Å². The van der Waals surface area contributed by atoms with Crippen molar-refractivity contribution in [2.75, 3.05) is 13.1 Å². The number of hydrogen-bond donors (Lipinski definition) is 1. The maximum atomic E-state index is 13.9. The number of nitrogens with zero attached hydrogens (tertiary/aromatic N) is 2. The maximum absolute atomic E-state index is 13.9. The molecule has 1 aliphatic heterocycles. The highest BCUT2D eigenvalue weighted by atomic mass is 19.1. The fourth-order valence-electron chi connectivity index (χ4n) is 2.78. The number of rotatable bonds is 4. The first-order valence-electron chi connectivity index (χ1n) is 6.93. The van der Waals surface area contributed by atoms with Gasteiger partial charge in [0.15, 0.2) is 0 Å². The second-order valence-corrected chi connectivity index (χ2v) is 5.48. The zero-order chi connectivity index (χ0) is 13.2. The van der Waals surface area contributed by atoms with Crippen LogP contribution in [-0.4, -0.2) is 30.1 Å². The van der Waals surface area contributed by atoms with E-state index in [0.29, 0.717) is 18.2 Å². The van der Waals surface area contributed by atoms with E-state index in [9.17, 15) is 4.39 Å². The molecule has 19 heavy (non-hydrogen) atoms. The predicted molar refractivity (Wildman–Crippen MR) is 71.0 cm³/mol. The molecule has 1 saturated heterocycles. The Morgan fingerprint density at radius 3 is 2.95 bits per heavy atom. The molecule has 1 saturated carbocycles. The van der Waals surface area contributed by atoms with Gasteiger partial charge in [-0.25, -0.2) is 4.39 Å². The predicted octanol–water partition coefficient (Wildman–Crippen LogP) is 2.02. The Morgan fingerprint density at radius 1 is 1.37 bits per heavy atom. The van der Waals surface area contributed by atoms with Crippen LogP contribution in [0.3, 0.4) is 0 Å². The highest BCUT2D eigenvalue weighted by Gasteiger charge is 2.34. The average molecular weight is 259 g/mol. The summed E-state index contributed by atoms with van der Waals surface area (Å²) in [6.07, 6.45) is 3.81. The van der Waals surface area contributed by atoms with Gasteiger partial charge in [0.2, 0.25) is 0 Å². The Kier molecular flexibility index (Phi) is 3.50. The van der Waals surface area contributed by atoms with Gasteiger partial charge in [-0.3, -0.25) is 4.90 Å². The van der Waals surface area contributed by atoms with Crippen LogP contribution in [0.25, 0.3) is 0 Å². The van der Waals surface area contributed by atoms with Gasteiger partial charge in [-0.2, -0.15) is 5.26 Å². The smallest absolute Gasteiger partial charge is 0.145 e. The lowest BCUT2D eigenvalue weighted by atomic mass is 10.1. The van der Waals surface area contributed by atoms with E-state index in [1.165, 1.54) is 18.9 Å². The van der Waals surface area contributed by atoms with Crippen LogP contribution in [-0.2, 0) is 6.54 Å². The highest BCUT2D eigenvalue weighted by Crippen LogP contribution is 2.29. The molecule has 1 aliphatic carbocycles. The number of likely N-dealkylation sites (tertiary alicyclic amines) is 1. The first-order chi connectivity index (χ1) is 9.28. The van der Waals surface area contributed by atoms with Gasteiger partial charge >= 0.3 is 0 Å². The fraction of sp³-hybridized carbons (Fsp3) is 0.533. The van der Waals surface area contributed by atoms with Crippen molar-refractivity contribution in [3.8, 4) is 6.07 Å². The molecule has 100 valence electrons. The minimum absolute atomic E-state index is 0.130. The van der Waals surface area contributed by atoms with E-state index in [1.807, 2.05) is 6.07 Å². The zero-order valence-electron chi connectivity index (χ0n) is 10.9. The van der Waals surface area contributed by atoms with Crippen LogP contribution < -0.4 is 5.32 Å². The largest absolute Gasteiger partial charge is 0.308 e. The van der Waals surface area contributed by atoms with Crippen molar-refractivity contribution in [1.82, 2.24) is 10.2 Å². The molecule has 1 heterocycles. The van der Waals surface area contributed by atoms with Crippen molar-refractivity contribution in [3.63, 3.8) is 0 Å². The first kappa shape index (κ1) is 12.6. The molecule has 1 aromatic rings. The molecule has 2 fully saturated rings. The molecule has 0 spiro atoms. The lowest BCUT2D eigenvalue weighted by molar-refractivity contribution is 0.317. The van der Waals surface area contributed by atoms with Crippen molar-refractivity contribution in [2.24, 2.45) is 0 Å². The van der Waals surface area contributed by atoms with Gasteiger partial charge in [0.25, 0.3) is 0 Å². The van der Waals surface area contributed by atoms with Crippen molar-refractivity contribution in [2.45, 2.75) is 37.9 Å². The number of nitriles is 1. The van der Waals surface area contributed by atoms with Crippen LogP contribution in [0.15, 0.2) is 18.2 Å². The van der Waals surface area contributed by atoms with Gasteiger partial charge in [-0.05, 0) is 25.3 Å². The average Bonchev–Trinajstić information content (AvgIpc) is 3.17. The molecule has 1 atom stereocenters. The van der Waals surface area contributed by atoms with E-state index in [-0.39, 0.29) is 11.4 Å². The Morgan fingerprint density at radius 2 is 2.21 bits per heavy atom. The Hall–Kier alpha value is -1.44. The number of benzene rings is 1. The summed E-state index contributed by atoms with van der Waals surface area (Å²) in [5.74, 6) is -0.380. The second kappa shape index (κ2) is 5.28. The monoisotopic (exact) mass is 259 g/mol. The minimum atomic E-state index is -0.380. The van der Waals surface area contributed by atoms with Gasteiger partial charge in [0.1, 0.15) is 11.9 Å². The topological polar surface area (TPSA) is 39.1 Å². The van der Waals surface area contributed by atoms with Crippen molar-refractivity contribution >= 4 is 0 Å². The molecule has 2 aliphatic rings. The summed E-state index contributed by atoms with van der Waals surface area (Å²) in [6.45, 7) is 2.73. The molecule has 1 N–H and O–H groups in total. The normalized spacial score (nSPS) is 23.5. The molecular formula is C15H18FN3. The lowest BCUT2D eigenvalue weighted by Crippen LogP contribution is -2.33. The van der Waals surface area contributed by atoms with E-state index in [0.717, 1.165) is 25.6 Å². The quantitative estimate of drug-likeness (QED) is 0.899. The molecule has 0 radical (unpaired) electrons. The van der Waals surface area contributed by atoms with Crippen LogP contribution in [0.5, 0.6) is 0 Å². The summed E-state index contributed by atoms with van der Waals surface area (Å²) in [5.41, 5.74) is 0.717. The van der Waals surface area contributed by atoms with Crippen LogP contribution in [0.4, 0.5) is 4.39 Å². The summed E-state index contributed by atoms with van der Waals surface area (Å²) >= 11 is 0. The standard InChI is InChI=1S/C15H18FN3/c16-15-11(8-17)2-1-3-12(15)9-18-13-6-7-19(10-13)14-4-5-14/h1-3,13-14,18H,4-7,9-10H2. The molecule has 0 aromatic heterocycles. The molecule has 3 nitrogen and oxygen atoms in total. The maximum Gasteiger partial charge on any atom is 0.145 e. The summed E-state index contributed by atoms with van der Waals surface area (Å²) in [5, 5.41) is 12.2.